The number of rotatable bonds is 9. The molecule has 32 heavy (non-hydrogen) atoms. The summed E-state index contributed by atoms with van der Waals surface area (Å²) in [5, 5.41) is 15.9. The summed E-state index contributed by atoms with van der Waals surface area (Å²) in [5.74, 6) is 1.15. The summed E-state index contributed by atoms with van der Waals surface area (Å²) < 4.78 is 12.4. The summed E-state index contributed by atoms with van der Waals surface area (Å²) in [5.41, 5.74) is 3.54. The molecule has 4 rings (SSSR count). The third-order valence-corrected chi connectivity index (χ3v) is 6.94. The lowest BCUT2D eigenvalue weighted by molar-refractivity contribution is 0.0823. The second-order valence-corrected chi connectivity index (χ2v) is 9.52. The standard InChI is InChI=1S/C24H24N2O4S2/c1-15-6-5-7-18(10-15)29-12-17(27)11-25-23(28)22-20(14-32-24-26-16(2)13-31-24)19-8-3-4-9-21(19)30-22/h3-10,13,17,27H,11-12,14H2,1-2H3,(H,25,28). The molecule has 1 atom stereocenters. The van der Waals surface area contributed by atoms with Gasteiger partial charge >= 0.3 is 0 Å². The molecule has 0 spiro atoms. The highest BCUT2D eigenvalue weighted by atomic mass is 32.2. The number of ether oxygens (including phenoxy) is 1. The average molecular weight is 469 g/mol. The van der Waals surface area contributed by atoms with Crippen LogP contribution < -0.4 is 10.1 Å². The van der Waals surface area contributed by atoms with E-state index in [0.717, 1.165) is 26.5 Å². The zero-order chi connectivity index (χ0) is 22.5. The largest absolute Gasteiger partial charge is 0.491 e. The molecular weight excluding hydrogens is 444 g/mol. The quantitative estimate of drug-likeness (QED) is 0.338. The number of aryl methyl sites for hydroxylation is 2. The van der Waals surface area contributed by atoms with E-state index in [1.165, 1.54) is 0 Å². The van der Waals surface area contributed by atoms with E-state index >= 15 is 0 Å². The Morgan fingerprint density at radius 1 is 1.25 bits per heavy atom. The van der Waals surface area contributed by atoms with E-state index in [2.05, 4.69) is 10.3 Å². The number of nitrogens with one attached hydrogen (secondary N) is 1. The Labute approximate surface area is 194 Å². The number of carbonyl (C=O) groups is 1. The molecule has 0 radical (unpaired) electrons. The van der Waals surface area contributed by atoms with Crippen LogP contribution in [0, 0.1) is 13.8 Å². The van der Waals surface area contributed by atoms with Crippen molar-refractivity contribution >= 4 is 40.0 Å². The molecule has 0 bridgehead atoms. The van der Waals surface area contributed by atoms with Gasteiger partial charge in [0.15, 0.2) is 5.76 Å². The highest BCUT2D eigenvalue weighted by Crippen LogP contribution is 2.33. The van der Waals surface area contributed by atoms with Crippen LogP contribution in [0.1, 0.15) is 27.4 Å². The van der Waals surface area contributed by atoms with Gasteiger partial charge in [-0.1, -0.05) is 42.1 Å². The van der Waals surface area contributed by atoms with Crippen LogP contribution in [-0.4, -0.2) is 35.3 Å². The maximum atomic E-state index is 12.9. The summed E-state index contributed by atoms with van der Waals surface area (Å²) in [4.78, 5) is 17.4. The molecule has 2 aromatic heterocycles. The lowest BCUT2D eigenvalue weighted by atomic mass is 10.1. The maximum absolute atomic E-state index is 12.9. The van der Waals surface area contributed by atoms with Crippen molar-refractivity contribution in [2.75, 3.05) is 13.2 Å². The van der Waals surface area contributed by atoms with Crippen molar-refractivity contribution in [3.05, 3.63) is 76.5 Å². The van der Waals surface area contributed by atoms with E-state index in [-0.39, 0.29) is 24.8 Å². The van der Waals surface area contributed by atoms with Crippen molar-refractivity contribution in [3.8, 4) is 5.75 Å². The molecule has 4 aromatic rings. The lowest BCUT2D eigenvalue weighted by Gasteiger charge is -2.13. The van der Waals surface area contributed by atoms with Gasteiger partial charge < -0.3 is 19.6 Å². The molecule has 8 heteroatoms. The zero-order valence-corrected chi connectivity index (χ0v) is 19.5. The Balaban J connectivity index is 1.40. The third-order valence-electron chi connectivity index (χ3n) is 4.77. The molecule has 166 valence electrons. The van der Waals surface area contributed by atoms with E-state index in [4.69, 9.17) is 9.15 Å². The normalized spacial score (nSPS) is 12.1. The summed E-state index contributed by atoms with van der Waals surface area (Å²) in [6.07, 6.45) is -0.847. The molecule has 0 aliphatic carbocycles. The fourth-order valence-corrected chi connectivity index (χ4v) is 5.08. The molecule has 2 heterocycles. The number of amides is 1. The van der Waals surface area contributed by atoms with Gasteiger partial charge in [-0.25, -0.2) is 4.98 Å². The molecule has 0 aliphatic heterocycles. The van der Waals surface area contributed by atoms with Crippen LogP contribution in [-0.2, 0) is 5.75 Å². The van der Waals surface area contributed by atoms with Crippen molar-refractivity contribution < 1.29 is 19.1 Å². The first kappa shape index (κ1) is 22.4. The topological polar surface area (TPSA) is 84.6 Å². The van der Waals surface area contributed by atoms with Crippen molar-refractivity contribution in [2.24, 2.45) is 0 Å². The predicted octanol–water partition coefficient (Wildman–Crippen LogP) is 4.97. The van der Waals surface area contributed by atoms with Crippen LogP contribution >= 0.6 is 23.1 Å². The molecular formula is C24H24N2O4S2. The second-order valence-electron chi connectivity index (χ2n) is 7.44. The number of fused-ring (bicyclic) bond motifs is 1. The minimum absolute atomic E-state index is 0.0555. The number of para-hydroxylation sites is 1. The molecule has 2 N–H and O–H groups in total. The van der Waals surface area contributed by atoms with Gasteiger partial charge in [0.1, 0.15) is 28.4 Å². The molecule has 1 unspecified atom stereocenters. The monoisotopic (exact) mass is 468 g/mol. The van der Waals surface area contributed by atoms with E-state index in [1.807, 2.05) is 67.8 Å². The van der Waals surface area contributed by atoms with Gasteiger partial charge in [0, 0.05) is 34.3 Å². The number of thioether (sulfide) groups is 1. The summed E-state index contributed by atoms with van der Waals surface area (Å²) >= 11 is 3.16. The highest BCUT2D eigenvalue weighted by Gasteiger charge is 2.21. The summed E-state index contributed by atoms with van der Waals surface area (Å²) in [6.45, 7) is 4.07. The van der Waals surface area contributed by atoms with Gasteiger partial charge in [-0.2, -0.15) is 0 Å². The van der Waals surface area contributed by atoms with Gasteiger partial charge in [0.05, 0.1) is 0 Å². The predicted molar refractivity (Wildman–Crippen MR) is 128 cm³/mol. The van der Waals surface area contributed by atoms with Gasteiger partial charge in [0.2, 0.25) is 0 Å². The van der Waals surface area contributed by atoms with Gasteiger partial charge in [-0.05, 0) is 37.6 Å². The molecule has 0 fully saturated rings. The maximum Gasteiger partial charge on any atom is 0.287 e. The first-order chi connectivity index (χ1) is 15.5. The number of aromatic nitrogens is 1. The molecule has 0 saturated carbocycles. The van der Waals surface area contributed by atoms with Crippen LogP contribution in [0.3, 0.4) is 0 Å². The number of hydrogen-bond acceptors (Lipinski definition) is 7. The SMILES string of the molecule is Cc1cccc(OCC(O)CNC(=O)c2oc3ccccc3c2CSc2nc(C)cs2)c1. The number of benzene rings is 2. The van der Waals surface area contributed by atoms with Gasteiger partial charge in [-0.15, -0.1) is 11.3 Å². The molecule has 0 aliphatic rings. The van der Waals surface area contributed by atoms with E-state index in [1.54, 1.807) is 23.1 Å². The Morgan fingerprint density at radius 3 is 2.88 bits per heavy atom. The minimum atomic E-state index is -0.847. The summed E-state index contributed by atoms with van der Waals surface area (Å²) in [6, 6.07) is 15.2. The number of thiazole rings is 1. The first-order valence-corrected chi connectivity index (χ1v) is 12.1. The third kappa shape index (κ3) is 5.51. The van der Waals surface area contributed by atoms with Gasteiger partial charge in [0.25, 0.3) is 5.91 Å². The lowest BCUT2D eigenvalue weighted by Crippen LogP contribution is -2.35. The number of hydrogen-bond donors (Lipinski definition) is 2. The molecule has 2 aromatic carbocycles. The van der Waals surface area contributed by atoms with Crippen LogP contribution in [0.15, 0.2) is 62.7 Å². The Morgan fingerprint density at radius 2 is 2.09 bits per heavy atom. The minimum Gasteiger partial charge on any atom is -0.491 e. The zero-order valence-electron chi connectivity index (χ0n) is 17.8. The summed E-state index contributed by atoms with van der Waals surface area (Å²) in [7, 11) is 0. The number of nitrogens with zero attached hydrogens (tertiary/aromatic N) is 1. The van der Waals surface area contributed by atoms with E-state index in [0.29, 0.717) is 17.1 Å². The number of carbonyl (C=O) groups excluding carboxylic acids is 1. The fraction of sp³-hybridized carbons (Fsp3) is 0.250. The fourth-order valence-electron chi connectivity index (χ4n) is 3.21. The highest BCUT2D eigenvalue weighted by molar-refractivity contribution is 8.00. The average Bonchev–Trinajstić information content (AvgIpc) is 3.37. The molecule has 0 saturated heterocycles. The number of aliphatic hydroxyl groups is 1. The first-order valence-electron chi connectivity index (χ1n) is 10.2. The van der Waals surface area contributed by atoms with E-state index in [9.17, 15) is 9.90 Å². The Bertz CT molecular complexity index is 1220. The Kier molecular flexibility index (Phi) is 7.14. The van der Waals surface area contributed by atoms with Crippen LogP contribution in [0.4, 0.5) is 0 Å². The van der Waals surface area contributed by atoms with Crippen LogP contribution in [0.25, 0.3) is 11.0 Å². The van der Waals surface area contributed by atoms with E-state index < -0.39 is 6.10 Å². The van der Waals surface area contributed by atoms with Crippen LogP contribution in [0.2, 0.25) is 0 Å². The number of aliphatic hydroxyl groups excluding tert-OH is 1. The molecule has 1 amide bonds. The van der Waals surface area contributed by atoms with Crippen molar-refractivity contribution in [3.63, 3.8) is 0 Å². The smallest absolute Gasteiger partial charge is 0.287 e. The molecule has 6 nitrogen and oxygen atoms in total. The van der Waals surface area contributed by atoms with Crippen LogP contribution in [0.5, 0.6) is 5.75 Å². The van der Waals surface area contributed by atoms with Crippen molar-refractivity contribution in [1.82, 2.24) is 10.3 Å². The van der Waals surface area contributed by atoms with Crippen molar-refractivity contribution in [1.29, 1.82) is 0 Å². The van der Waals surface area contributed by atoms with Crippen molar-refractivity contribution in [2.45, 2.75) is 30.0 Å². The number of furan rings is 1. The second kappa shape index (κ2) is 10.2. The Hall–Kier alpha value is -2.81. The van der Waals surface area contributed by atoms with Gasteiger partial charge in [-0.3, -0.25) is 4.79 Å².